The summed E-state index contributed by atoms with van der Waals surface area (Å²) in [5.41, 5.74) is 7.45. The molecule has 0 heterocycles. The van der Waals surface area contributed by atoms with Crippen molar-refractivity contribution in [3.63, 3.8) is 0 Å². The third-order valence-corrected chi connectivity index (χ3v) is 3.90. The number of carbonyl (C=O) groups is 2. The van der Waals surface area contributed by atoms with Crippen LogP contribution in [0.1, 0.15) is 26.7 Å². The van der Waals surface area contributed by atoms with Crippen molar-refractivity contribution in [3.05, 3.63) is 0 Å². The van der Waals surface area contributed by atoms with Crippen LogP contribution in [-0.2, 0) is 9.59 Å². The molecule has 0 aliphatic heterocycles. The summed E-state index contributed by atoms with van der Waals surface area (Å²) in [6.45, 7) is 3.97. The summed E-state index contributed by atoms with van der Waals surface area (Å²) in [6.07, 6.45) is 2.48. The number of nitrogens with zero attached hydrogens (tertiary/aromatic N) is 1. The standard InChI is InChI=1S/C10H19N3O2S2/c1-8(2)7-12-13-10(15)4-6-17-16-5-3-9(11)14/h7-8H,3-6H2,1-2H3,(H2,11,14)(H,13,15)/b12-7+. The van der Waals surface area contributed by atoms with Crippen LogP contribution in [-0.4, -0.2) is 29.5 Å². The Morgan fingerprint density at radius 2 is 1.88 bits per heavy atom. The van der Waals surface area contributed by atoms with Gasteiger partial charge in [0.05, 0.1) is 0 Å². The Labute approximate surface area is 110 Å². The van der Waals surface area contributed by atoms with Crippen LogP contribution in [0.2, 0.25) is 0 Å². The van der Waals surface area contributed by atoms with Gasteiger partial charge >= 0.3 is 0 Å². The normalized spacial score (nSPS) is 11.0. The van der Waals surface area contributed by atoms with Crippen molar-refractivity contribution in [2.45, 2.75) is 26.7 Å². The zero-order valence-electron chi connectivity index (χ0n) is 10.1. The second kappa shape index (κ2) is 10.5. The van der Waals surface area contributed by atoms with Crippen LogP contribution < -0.4 is 11.2 Å². The Kier molecular flexibility index (Phi) is 10.0. The Hall–Kier alpha value is -0.690. The predicted octanol–water partition coefficient (Wildman–Crippen LogP) is 1.39. The molecule has 0 saturated heterocycles. The molecule has 98 valence electrons. The van der Waals surface area contributed by atoms with E-state index in [-0.39, 0.29) is 11.8 Å². The lowest BCUT2D eigenvalue weighted by Crippen LogP contribution is -2.18. The number of hydrogen-bond donors (Lipinski definition) is 2. The van der Waals surface area contributed by atoms with Gasteiger partial charge in [-0.2, -0.15) is 5.10 Å². The molecule has 0 spiro atoms. The second-order valence-corrected chi connectivity index (χ2v) is 6.37. The summed E-state index contributed by atoms with van der Waals surface area (Å²) in [4.78, 5) is 21.7. The number of nitrogens with one attached hydrogen (secondary N) is 1. The maximum atomic E-state index is 11.2. The first kappa shape index (κ1) is 16.3. The molecule has 0 saturated carbocycles. The first-order valence-corrected chi connectivity index (χ1v) is 7.86. The van der Waals surface area contributed by atoms with E-state index in [0.717, 1.165) is 0 Å². The maximum absolute atomic E-state index is 11.2. The highest BCUT2D eigenvalue weighted by molar-refractivity contribution is 8.76. The Morgan fingerprint density at radius 3 is 2.41 bits per heavy atom. The lowest BCUT2D eigenvalue weighted by atomic mass is 10.3. The molecule has 0 unspecified atom stereocenters. The quantitative estimate of drug-likeness (QED) is 0.289. The van der Waals surface area contributed by atoms with E-state index in [1.54, 1.807) is 27.8 Å². The van der Waals surface area contributed by atoms with Crippen LogP contribution >= 0.6 is 21.6 Å². The molecule has 0 aromatic carbocycles. The zero-order chi connectivity index (χ0) is 13.1. The molecule has 0 atom stereocenters. The van der Waals surface area contributed by atoms with Crippen LogP contribution in [0.3, 0.4) is 0 Å². The van der Waals surface area contributed by atoms with Crippen molar-refractivity contribution in [1.29, 1.82) is 0 Å². The molecule has 0 fully saturated rings. The second-order valence-electron chi connectivity index (χ2n) is 3.67. The third kappa shape index (κ3) is 13.2. The van der Waals surface area contributed by atoms with Gasteiger partial charge in [-0.05, 0) is 5.92 Å². The molecule has 0 rings (SSSR count). The molecule has 5 nitrogen and oxygen atoms in total. The monoisotopic (exact) mass is 277 g/mol. The van der Waals surface area contributed by atoms with Crippen LogP contribution in [0.5, 0.6) is 0 Å². The van der Waals surface area contributed by atoms with Crippen LogP contribution in [0.25, 0.3) is 0 Å². The first-order chi connectivity index (χ1) is 8.02. The highest BCUT2D eigenvalue weighted by atomic mass is 33.1. The van der Waals surface area contributed by atoms with Crippen molar-refractivity contribution in [2.24, 2.45) is 16.8 Å². The minimum Gasteiger partial charge on any atom is -0.370 e. The van der Waals surface area contributed by atoms with E-state index < -0.39 is 0 Å². The minimum atomic E-state index is -0.293. The summed E-state index contributed by atoms with van der Waals surface area (Å²) >= 11 is 0. The third-order valence-electron chi connectivity index (χ3n) is 1.49. The molecule has 0 aliphatic carbocycles. The SMILES string of the molecule is CC(C)/C=N/NC(=O)CCSSCCC(N)=O. The van der Waals surface area contributed by atoms with E-state index in [2.05, 4.69) is 10.5 Å². The largest absolute Gasteiger partial charge is 0.370 e. The summed E-state index contributed by atoms with van der Waals surface area (Å²) in [5, 5.41) is 3.81. The number of primary amides is 1. The fraction of sp³-hybridized carbons (Fsp3) is 0.700. The fourth-order valence-electron chi connectivity index (χ4n) is 0.709. The van der Waals surface area contributed by atoms with Crippen molar-refractivity contribution in [2.75, 3.05) is 11.5 Å². The van der Waals surface area contributed by atoms with Gasteiger partial charge in [-0.1, -0.05) is 35.4 Å². The van der Waals surface area contributed by atoms with Gasteiger partial charge in [-0.25, -0.2) is 5.43 Å². The fourth-order valence-corrected chi connectivity index (χ4v) is 2.70. The molecule has 3 N–H and O–H groups in total. The molecule has 0 aromatic heterocycles. The van der Waals surface area contributed by atoms with Gasteiger partial charge in [0.25, 0.3) is 0 Å². The summed E-state index contributed by atoms with van der Waals surface area (Å²) in [7, 11) is 3.11. The highest BCUT2D eigenvalue weighted by Gasteiger charge is 2.00. The summed E-state index contributed by atoms with van der Waals surface area (Å²) < 4.78 is 0. The molecular weight excluding hydrogens is 258 g/mol. The Morgan fingerprint density at radius 1 is 1.29 bits per heavy atom. The van der Waals surface area contributed by atoms with Crippen molar-refractivity contribution in [1.82, 2.24) is 5.43 Å². The molecule has 0 bridgehead atoms. The van der Waals surface area contributed by atoms with E-state index in [4.69, 9.17) is 5.73 Å². The van der Waals surface area contributed by atoms with Crippen molar-refractivity contribution < 1.29 is 9.59 Å². The lowest BCUT2D eigenvalue weighted by Gasteiger charge is -2.00. The topological polar surface area (TPSA) is 84.6 Å². The molecule has 7 heteroatoms. The van der Waals surface area contributed by atoms with Crippen LogP contribution in [0, 0.1) is 5.92 Å². The summed E-state index contributed by atoms with van der Waals surface area (Å²) in [5.74, 6) is 1.33. The average Bonchev–Trinajstić information content (AvgIpc) is 2.22. The van der Waals surface area contributed by atoms with E-state index in [1.165, 1.54) is 0 Å². The van der Waals surface area contributed by atoms with Gasteiger partial charge in [0.15, 0.2) is 0 Å². The molecule has 0 radical (unpaired) electrons. The number of rotatable bonds is 9. The number of hydrogen-bond acceptors (Lipinski definition) is 5. The smallest absolute Gasteiger partial charge is 0.240 e. The molecular formula is C10H19N3O2S2. The van der Waals surface area contributed by atoms with Gasteiger partial charge in [-0.3, -0.25) is 9.59 Å². The van der Waals surface area contributed by atoms with Crippen molar-refractivity contribution >= 4 is 39.6 Å². The van der Waals surface area contributed by atoms with Gasteiger partial charge in [0.2, 0.25) is 11.8 Å². The number of hydrazone groups is 1. The summed E-state index contributed by atoms with van der Waals surface area (Å²) in [6, 6.07) is 0. The highest BCUT2D eigenvalue weighted by Crippen LogP contribution is 2.22. The number of carbonyl (C=O) groups excluding carboxylic acids is 2. The van der Waals surface area contributed by atoms with E-state index in [1.807, 2.05) is 13.8 Å². The Bertz CT molecular complexity index is 270. The predicted molar refractivity (Wildman–Crippen MR) is 74.8 cm³/mol. The van der Waals surface area contributed by atoms with E-state index in [9.17, 15) is 9.59 Å². The maximum Gasteiger partial charge on any atom is 0.240 e. The van der Waals surface area contributed by atoms with Crippen LogP contribution in [0.15, 0.2) is 5.10 Å². The average molecular weight is 277 g/mol. The number of nitrogens with two attached hydrogens (primary N) is 1. The van der Waals surface area contributed by atoms with Crippen molar-refractivity contribution in [3.8, 4) is 0 Å². The molecule has 0 aliphatic rings. The minimum absolute atomic E-state index is 0.0927. The van der Waals surface area contributed by atoms with Gasteiger partial charge < -0.3 is 5.73 Å². The van der Waals surface area contributed by atoms with Crippen LogP contribution in [0.4, 0.5) is 0 Å². The van der Waals surface area contributed by atoms with E-state index in [0.29, 0.717) is 30.3 Å². The van der Waals surface area contributed by atoms with Gasteiger partial charge in [-0.15, -0.1) is 0 Å². The number of amides is 2. The van der Waals surface area contributed by atoms with E-state index >= 15 is 0 Å². The zero-order valence-corrected chi connectivity index (χ0v) is 11.8. The van der Waals surface area contributed by atoms with Gasteiger partial charge in [0.1, 0.15) is 0 Å². The first-order valence-electron chi connectivity index (χ1n) is 5.37. The molecule has 2 amide bonds. The Balaban J connectivity index is 3.36. The van der Waals surface area contributed by atoms with Gasteiger partial charge in [0, 0.05) is 30.6 Å². The lowest BCUT2D eigenvalue weighted by molar-refractivity contribution is -0.120. The molecule has 17 heavy (non-hydrogen) atoms. The molecule has 0 aromatic rings.